The quantitative estimate of drug-likeness (QED) is 0.815. The van der Waals surface area contributed by atoms with Crippen LogP contribution in [0.1, 0.15) is 70.6 Å². The van der Waals surface area contributed by atoms with Crippen LogP contribution < -0.4 is 5.32 Å². The first-order valence-electron chi connectivity index (χ1n) is 8.87. The summed E-state index contributed by atoms with van der Waals surface area (Å²) in [5, 5.41) is 3.39. The van der Waals surface area contributed by atoms with E-state index >= 15 is 0 Å². The minimum Gasteiger partial charge on any atom is -0.317 e. The molecule has 2 saturated carbocycles. The molecule has 0 aromatic heterocycles. The van der Waals surface area contributed by atoms with Gasteiger partial charge in [0.1, 0.15) is 9.84 Å². The fraction of sp³-hybridized carbons (Fsp3) is 1.00. The summed E-state index contributed by atoms with van der Waals surface area (Å²) in [6, 6.07) is 0.511. The van der Waals surface area contributed by atoms with E-state index in [9.17, 15) is 8.42 Å². The van der Waals surface area contributed by atoms with Gasteiger partial charge >= 0.3 is 0 Å². The van der Waals surface area contributed by atoms with E-state index in [2.05, 4.69) is 12.4 Å². The lowest BCUT2D eigenvalue weighted by Gasteiger charge is -2.34. The van der Waals surface area contributed by atoms with Crippen LogP contribution in [-0.2, 0) is 9.84 Å². The lowest BCUT2D eigenvalue weighted by atomic mass is 9.79. The predicted octanol–water partition coefficient (Wildman–Crippen LogP) is 3.54. The molecule has 3 unspecified atom stereocenters. The molecular formula is C17H33NO2S. The Morgan fingerprint density at radius 3 is 2.38 bits per heavy atom. The number of hydrogen-bond acceptors (Lipinski definition) is 3. The molecule has 0 amide bonds. The largest absolute Gasteiger partial charge is 0.317 e. The zero-order chi connectivity index (χ0) is 15.3. The Morgan fingerprint density at radius 2 is 1.76 bits per heavy atom. The maximum Gasteiger partial charge on any atom is 0.150 e. The van der Waals surface area contributed by atoms with Crippen molar-refractivity contribution >= 4 is 9.84 Å². The molecule has 0 aliphatic heterocycles. The fourth-order valence-electron chi connectivity index (χ4n) is 4.44. The second-order valence-electron chi connectivity index (χ2n) is 7.35. The molecule has 2 fully saturated rings. The Balaban J connectivity index is 1.84. The van der Waals surface area contributed by atoms with Crippen LogP contribution >= 0.6 is 0 Å². The highest BCUT2D eigenvalue weighted by molar-refractivity contribution is 7.91. The molecule has 0 spiro atoms. The minimum atomic E-state index is -2.86. The summed E-state index contributed by atoms with van der Waals surface area (Å²) in [6.45, 7) is 0. The molecule has 0 aromatic rings. The van der Waals surface area contributed by atoms with Crippen LogP contribution in [0.2, 0.25) is 0 Å². The molecule has 0 radical (unpaired) electrons. The van der Waals surface area contributed by atoms with Gasteiger partial charge in [-0.1, -0.05) is 38.5 Å². The Hall–Kier alpha value is -0.0900. The van der Waals surface area contributed by atoms with Gasteiger partial charge in [0.25, 0.3) is 0 Å². The van der Waals surface area contributed by atoms with Crippen molar-refractivity contribution < 1.29 is 8.42 Å². The first kappa shape index (κ1) is 17.3. The zero-order valence-electron chi connectivity index (χ0n) is 13.8. The van der Waals surface area contributed by atoms with E-state index in [1.807, 2.05) is 0 Å². The van der Waals surface area contributed by atoms with Gasteiger partial charge < -0.3 is 5.32 Å². The van der Waals surface area contributed by atoms with Gasteiger partial charge in [-0.2, -0.15) is 0 Å². The molecule has 1 N–H and O–H groups in total. The van der Waals surface area contributed by atoms with Gasteiger partial charge in [-0.25, -0.2) is 8.42 Å². The normalized spacial score (nSPS) is 30.2. The van der Waals surface area contributed by atoms with Crippen molar-refractivity contribution in [3.05, 3.63) is 0 Å². The van der Waals surface area contributed by atoms with Crippen molar-refractivity contribution in [1.82, 2.24) is 5.32 Å². The van der Waals surface area contributed by atoms with Crippen molar-refractivity contribution in [3.8, 4) is 0 Å². The van der Waals surface area contributed by atoms with Gasteiger partial charge in [0.05, 0.1) is 5.25 Å². The molecule has 0 saturated heterocycles. The summed E-state index contributed by atoms with van der Waals surface area (Å²) in [5.41, 5.74) is 0. The van der Waals surface area contributed by atoms with E-state index < -0.39 is 9.84 Å². The summed E-state index contributed by atoms with van der Waals surface area (Å²) in [7, 11) is -0.813. The lowest BCUT2D eigenvalue weighted by molar-refractivity contribution is 0.242. The van der Waals surface area contributed by atoms with Crippen LogP contribution in [0.4, 0.5) is 0 Å². The van der Waals surface area contributed by atoms with Crippen molar-refractivity contribution in [2.75, 3.05) is 13.3 Å². The standard InChI is InChI=1S/C17H33NO2S/c1-18-17(12-11-14-7-4-3-5-8-14)15-9-6-10-16(13-15)21(2,19)20/h14-18H,3-13H2,1-2H3. The highest BCUT2D eigenvalue weighted by atomic mass is 32.2. The third-order valence-corrected chi connectivity index (χ3v) is 7.46. The highest BCUT2D eigenvalue weighted by Crippen LogP contribution is 2.34. The smallest absolute Gasteiger partial charge is 0.150 e. The predicted molar refractivity (Wildman–Crippen MR) is 89.2 cm³/mol. The maximum absolute atomic E-state index is 11.8. The number of hydrogen-bond donors (Lipinski definition) is 1. The van der Waals surface area contributed by atoms with Crippen LogP contribution in [0, 0.1) is 11.8 Å². The van der Waals surface area contributed by atoms with E-state index in [0.717, 1.165) is 25.2 Å². The van der Waals surface area contributed by atoms with Crippen LogP contribution in [-0.4, -0.2) is 33.0 Å². The highest BCUT2D eigenvalue weighted by Gasteiger charge is 2.32. The monoisotopic (exact) mass is 315 g/mol. The van der Waals surface area contributed by atoms with Crippen LogP contribution in [0.25, 0.3) is 0 Å². The number of rotatable bonds is 6. The van der Waals surface area contributed by atoms with Gasteiger partial charge in [0.15, 0.2) is 0 Å². The summed E-state index contributed by atoms with van der Waals surface area (Å²) in [4.78, 5) is 0. The molecule has 3 atom stereocenters. The molecule has 2 aliphatic rings. The Bertz CT molecular complexity index is 401. The fourth-order valence-corrected chi connectivity index (χ4v) is 5.63. The second kappa shape index (κ2) is 7.96. The Labute approximate surface area is 131 Å². The molecule has 2 rings (SSSR count). The Kier molecular flexibility index (Phi) is 6.54. The molecule has 21 heavy (non-hydrogen) atoms. The molecule has 0 bridgehead atoms. The van der Waals surface area contributed by atoms with E-state index in [0.29, 0.717) is 12.0 Å². The van der Waals surface area contributed by atoms with Crippen LogP contribution in [0.5, 0.6) is 0 Å². The number of sulfone groups is 1. The zero-order valence-corrected chi connectivity index (χ0v) is 14.6. The lowest BCUT2D eigenvalue weighted by Crippen LogP contribution is -2.39. The van der Waals surface area contributed by atoms with Crippen LogP contribution in [0.15, 0.2) is 0 Å². The average Bonchev–Trinajstić information content (AvgIpc) is 2.48. The number of nitrogens with one attached hydrogen (secondary N) is 1. The summed E-state index contributed by atoms with van der Waals surface area (Å²) >= 11 is 0. The van der Waals surface area contributed by atoms with Gasteiger partial charge in [-0.05, 0) is 51.0 Å². The third-order valence-electron chi connectivity index (χ3n) is 5.82. The minimum absolute atomic E-state index is 0.0956. The summed E-state index contributed by atoms with van der Waals surface area (Å²) in [5.74, 6) is 1.47. The molecule has 3 nitrogen and oxygen atoms in total. The molecule has 124 valence electrons. The van der Waals surface area contributed by atoms with E-state index in [-0.39, 0.29) is 5.25 Å². The van der Waals surface area contributed by atoms with Gasteiger partial charge in [-0.3, -0.25) is 0 Å². The first-order chi connectivity index (χ1) is 10.0. The van der Waals surface area contributed by atoms with Gasteiger partial charge in [0, 0.05) is 12.3 Å². The third kappa shape index (κ3) is 5.24. The van der Waals surface area contributed by atoms with Crippen molar-refractivity contribution in [2.45, 2.75) is 81.9 Å². The molecular weight excluding hydrogens is 282 g/mol. The van der Waals surface area contributed by atoms with Crippen molar-refractivity contribution in [1.29, 1.82) is 0 Å². The first-order valence-corrected chi connectivity index (χ1v) is 10.8. The van der Waals surface area contributed by atoms with Crippen molar-refractivity contribution in [3.63, 3.8) is 0 Å². The maximum atomic E-state index is 11.8. The molecule has 0 aromatic carbocycles. The van der Waals surface area contributed by atoms with Crippen molar-refractivity contribution in [2.24, 2.45) is 11.8 Å². The average molecular weight is 316 g/mol. The topological polar surface area (TPSA) is 46.2 Å². The van der Waals surface area contributed by atoms with E-state index in [4.69, 9.17) is 0 Å². The summed E-state index contributed by atoms with van der Waals surface area (Å²) in [6.07, 6.45) is 15.0. The van der Waals surface area contributed by atoms with E-state index in [1.165, 1.54) is 57.6 Å². The molecule has 4 heteroatoms. The summed E-state index contributed by atoms with van der Waals surface area (Å²) < 4.78 is 23.7. The van der Waals surface area contributed by atoms with Crippen LogP contribution in [0.3, 0.4) is 0 Å². The van der Waals surface area contributed by atoms with E-state index in [1.54, 1.807) is 0 Å². The molecule has 2 aliphatic carbocycles. The van der Waals surface area contributed by atoms with Gasteiger partial charge in [0.2, 0.25) is 0 Å². The van der Waals surface area contributed by atoms with Gasteiger partial charge in [-0.15, -0.1) is 0 Å². The Morgan fingerprint density at radius 1 is 1.05 bits per heavy atom. The molecule has 0 heterocycles. The second-order valence-corrected chi connectivity index (χ2v) is 9.68. The SMILES string of the molecule is CNC(CCC1CCCCC1)C1CCCC(S(C)(=O)=O)C1.